The van der Waals surface area contributed by atoms with Gasteiger partial charge in [-0.2, -0.15) is 0 Å². The van der Waals surface area contributed by atoms with Gasteiger partial charge in [0.05, 0.1) is 6.10 Å². The van der Waals surface area contributed by atoms with E-state index in [0.717, 1.165) is 11.3 Å². The SMILES string of the molecule is CC(C)CC(O)CNC(=O)C1COc2ccccc21. The first-order chi connectivity index (χ1) is 9.08. The fraction of sp³-hybridized carbons (Fsp3) is 0.533. The Morgan fingerprint density at radius 3 is 2.95 bits per heavy atom. The standard InChI is InChI=1S/C15H21NO3/c1-10(2)7-11(17)8-16-15(18)13-9-19-14-6-4-3-5-12(13)14/h3-6,10-11,13,17H,7-9H2,1-2H3,(H,16,18). The number of carbonyl (C=O) groups is 1. The topological polar surface area (TPSA) is 58.6 Å². The van der Waals surface area contributed by atoms with E-state index in [4.69, 9.17) is 4.74 Å². The first-order valence-electron chi connectivity index (χ1n) is 6.75. The number of rotatable bonds is 5. The fourth-order valence-electron chi connectivity index (χ4n) is 2.35. The van der Waals surface area contributed by atoms with Gasteiger partial charge in [0.25, 0.3) is 0 Å². The highest BCUT2D eigenvalue weighted by atomic mass is 16.5. The van der Waals surface area contributed by atoms with Crippen LogP contribution < -0.4 is 10.1 Å². The summed E-state index contributed by atoms with van der Waals surface area (Å²) in [6.45, 7) is 4.78. The van der Waals surface area contributed by atoms with E-state index in [1.165, 1.54) is 0 Å². The average Bonchev–Trinajstić information content (AvgIpc) is 2.79. The van der Waals surface area contributed by atoms with Crippen molar-refractivity contribution in [2.75, 3.05) is 13.2 Å². The zero-order chi connectivity index (χ0) is 13.8. The summed E-state index contributed by atoms with van der Waals surface area (Å²) in [6.07, 6.45) is 0.208. The normalized spacial score (nSPS) is 18.8. The molecule has 0 spiro atoms. The molecule has 2 N–H and O–H groups in total. The molecule has 4 heteroatoms. The van der Waals surface area contributed by atoms with E-state index < -0.39 is 6.10 Å². The molecule has 1 aromatic rings. The van der Waals surface area contributed by atoms with Gasteiger partial charge in [0.15, 0.2) is 0 Å². The first kappa shape index (κ1) is 13.9. The first-order valence-corrected chi connectivity index (χ1v) is 6.75. The number of amides is 1. The van der Waals surface area contributed by atoms with Crippen LogP contribution in [-0.4, -0.2) is 30.3 Å². The molecule has 1 aromatic carbocycles. The number of hydrogen-bond donors (Lipinski definition) is 2. The predicted molar refractivity (Wildman–Crippen MR) is 73.1 cm³/mol. The highest BCUT2D eigenvalue weighted by Gasteiger charge is 2.29. The monoisotopic (exact) mass is 263 g/mol. The van der Waals surface area contributed by atoms with Crippen LogP contribution in [0.15, 0.2) is 24.3 Å². The van der Waals surface area contributed by atoms with E-state index in [2.05, 4.69) is 5.32 Å². The second-order valence-corrected chi connectivity index (χ2v) is 5.43. The van der Waals surface area contributed by atoms with Gasteiger partial charge in [-0.1, -0.05) is 32.0 Å². The molecule has 0 aliphatic carbocycles. The van der Waals surface area contributed by atoms with E-state index in [1.807, 2.05) is 38.1 Å². The fourth-order valence-corrected chi connectivity index (χ4v) is 2.35. The minimum atomic E-state index is -0.485. The van der Waals surface area contributed by atoms with E-state index >= 15 is 0 Å². The summed E-state index contributed by atoms with van der Waals surface area (Å²) >= 11 is 0. The van der Waals surface area contributed by atoms with Gasteiger partial charge >= 0.3 is 0 Å². The van der Waals surface area contributed by atoms with E-state index in [-0.39, 0.29) is 11.8 Å². The number of aliphatic hydroxyl groups excluding tert-OH is 1. The van der Waals surface area contributed by atoms with Crippen LogP contribution in [0.5, 0.6) is 5.75 Å². The van der Waals surface area contributed by atoms with Crippen molar-refractivity contribution in [1.29, 1.82) is 0 Å². The Hall–Kier alpha value is -1.55. The summed E-state index contributed by atoms with van der Waals surface area (Å²) in [6, 6.07) is 7.58. The molecular formula is C15H21NO3. The molecule has 0 aromatic heterocycles. The number of nitrogens with one attached hydrogen (secondary N) is 1. The molecule has 19 heavy (non-hydrogen) atoms. The van der Waals surface area contributed by atoms with Gasteiger partial charge in [-0.25, -0.2) is 0 Å². The van der Waals surface area contributed by atoms with E-state index in [0.29, 0.717) is 25.5 Å². The largest absolute Gasteiger partial charge is 0.492 e. The van der Waals surface area contributed by atoms with Crippen LogP contribution in [-0.2, 0) is 4.79 Å². The highest BCUT2D eigenvalue weighted by Crippen LogP contribution is 2.33. The molecule has 0 saturated carbocycles. The number of fused-ring (bicyclic) bond motifs is 1. The minimum Gasteiger partial charge on any atom is -0.492 e. The summed E-state index contributed by atoms with van der Waals surface area (Å²) in [5.74, 6) is 0.864. The molecule has 4 nitrogen and oxygen atoms in total. The second-order valence-electron chi connectivity index (χ2n) is 5.43. The lowest BCUT2D eigenvalue weighted by Gasteiger charge is -2.15. The number of aliphatic hydroxyl groups is 1. The van der Waals surface area contributed by atoms with Crippen LogP contribution in [0.3, 0.4) is 0 Å². The predicted octanol–water partition coefficient (Wildman–Crippen LogP) is 1.69. The second kappa shape index (κ2) is 6.06. The highest BCUT2D eigenvalue weighted by molar-refractivity contribution is 5.85. The van der Waals surface area contributed by atoms with Gasteiger partial charge in [0.2, 0.25) is 5.91 Å². The lowest BCUT2D eigenvalue weighted by atomic mass is 10.0. The molecule has 1 aliphatic rings. The molecule has 0 fully saturated rings. The molecule has 2 rings (SSSR count). The summed E-state index contributed by atoms with van der Waals surface area (Å²) in [5, 5.41) is 12.6. The molecule has 104 valence electrons. The Kier molecular flexibility index (Phi) is 4.43. The molecule has 1 heterocycles. The third kappa shape index (κ3) is 3.47. The molecule has 2 atom stereocenters. The lowest BCUT2D eigenvalue weighted by molar-refractivity contribution is -0.123. The zero-order valence-corrected chi connectivity index (χ0v) is 11.4. The Morgan fingerprint density at radius 2 is 2.21 bits per heavy atom. The Labute approximate surface area is 113 Å². The number of hydrogen-bond acceptors (Lipinski definition) is 3. The molecule has 0 radical (unpaired) electrons. The van der Waals surface area contributed by atoms with Crippen molar-refractivity contribution in [2.24, 2.45) is 5.92 Å². The van der Waals surface area contributed by atoms with Gasteiger partial charge in [0.1, 0.15) is 18.3 Å². The van der Waals surface area contributed by atoms with Gasteiger partial charge in [-0.15, -0.1) is 0 Å². The summed E-state index contributed by atoms with van der Waals surface area (Å²) < 4.78 is 5.48. The van der Waals surface area contributed by atoms with Crippen LogP contribution in [0, 0.1) is 5.92 Å². The van der Waals surface area contributed by atoms with Crippen molar-refractivity contribution in [3.05, 3.63) is 29.8 Å². The lowest BCUT2D eigenvalue weighted by Crippen LogP contribution is -2.36. The molecule has 2 unspecified atom stereocenters. The molecule has 0 saturated heterocycles. The quantitative estimate of drug-likeness (QED) is 0.850. The molecule has 0 bridgehead atoms. The van der Waals surface area contributed by atoms with Crippen LogP contribution in [0.1, 0.15) is 31.7 Å². The number of benzene rings is 1. The Morgan fingerprint density at radius 1 is 1.47 bits per heavy atom. The number of carbonyl (C=O) groups excluding carboxylic acids is 1. The van der Waals surface area contributed by atoms with Crippen molar-refractivity contribution in [1.82, 2.24) is 5.32 Å². The van der Waals surface area contributed by atoms with Gasteiger partial charge in [-0.05, 0) is 18.4 Å². The van der Waals surface area contributed by atoms with Crippen LogP contribution >= 0.6 is 0 Å². The summed E-state index contributed by atoms with van der Waals surface area (Å²) in [5.41, 5.74) is 0.929. The Bertz CT molecular complexity index is 445. The number of para-hydroxylation sites is 1. The molecular weight excluding hydrogens is 242 g/mol. The van der Waals surface area contributed by atoms with Gasteiger partial charge in [0, 0.05) is 12.1 Å². The van der Waals surface area contributed by atoms with E-state index in [9.17, 15) is 9.90 Å². The summed E-state index contributed by atoms with van der Waals surface area (Å²) in [7, 11) is 0. The summed E-state index contributed by atoms with van der Waals surface area (Å²) in [4.78, 5) is 12.1. The van der Waals surface area contributed by atoms with Crippen LogP contribution in [0.2, 0.25) is 0 Å². The maximum Gasteiger partial charge on any atom is 0.231 e. The zero-order valence-electron chi connectivity index (χ0n) is 11.4. The maximum atomic E-state index is 12.1. The van der Waals surface area contributed by atoms with Crippen LogP contribution in [0.25, 0.3) is 0 Å². The van der Waals surface area contributed by atoms with E-state index in [1.54, 1.807) is 0 Å². The van der Waals surface area contributed by atoms with Crippen molar-refractivity contribution in [2.45, 2.75) is 32.3 Å². The third-order valence-corrected chi connectivity index (χ3v) is 3.27. The maximum absolute atomic E-state index is 12.1. The van der Waals surface area contributed by atoms with Gasteiger partial charge < -0.3 is 15.2 Å². The third-order valence-electron chi connectivity index (χ3n) is 3.27. The van der Waals surface area contributed by atoms with Gasteiger partial charge in [-0.3, -0.25) is 4.79 Å². The number of ether oxygens (including phenoxy) is 1. The van der Waals surface area contributed by atoms with Crippen molar-refractivity contribution < 1.29 is 14.6 Å². The van der Waals surface area contributed by atoms with Crippen LogP contribution in [0.4, 0.5) is 0 Å². The molecule has 1 aliphatic heterocycles. The average molecular weight is 263 g/mol. The molecule has 1 amide bonds. The Balaban J connectivity index is 1.88. The van der Waals surface area contributed by atoms with Crippen molar-refractivity contribution in [3.8, 4) is 5.75 Å². The van der Waals surface area contributed by atoms with Crippen molar-refractivity contribution in [3.63, 3.8) is 0 Å². The van der Waals surface area contributed by atoms with Crippen molar-refractivity contribution >= 4 is 5.91 Å². The minimum absolute atomic E-state index is 0.0762. The smallest absolute Gasteiger partial charge is 0.231 e.